The third kappa shape index (κ3) is 6.08. The fraction of sp³-hybridized carbons (Fsp3) is 1.00. The van der Waals surface area contributed by atoms with Gasteiger partial charge in [0.15, 0.2) is 0 Å². The summed E-state index contributed by atoms with van der Waals surface area (Å²) in [5.41, 5.74) is 5.66. The molecule has 0 saturated carbocycles. The van der Waals surface area contributed by atoms with Gasteiger partial charge < -0.3 is 5.73 Å². The number of hydrogen-bond acceptors (Lipinski definition) is 3. The zero-order valence-corrected chi connectivity index (χ0v) is 13.8. The minimum atomic E-state index is -3.34. The molecule has 6 heteroatoms. The Morgan fingerprint density at radius 2 is 2.10 bits per heavy atom. The molecule has 0 amide bonds. The summed E-state index contributed by atoms with van der Waals surface area (Å²) < 4.78 is 29.0. The first kappa shape index (κ1) is 17.9. The van der Waals surface area contributed by atoms with E-state index in [0.717, 1.165) is 25.7 Å². The zero-order valence-electron chi connectivity index (χ0n) is 13.0. The van der Waals surface area contributed by atoms with Gasteiger partial charge in [-0.1, -0.05) is 32.6 Å². The molecule has 1 fully saturated rings. The SMILES string of the molecule is CCCCCCC(C)NS(=O)(=O)N1CCCC(CN)C1. The molecule has 0 aliphatic carbocycles. The topological polar surface area (TPSA) is 75.4 Å². The summed E-state index contributed by atoms with van der Waals surface area (Å²) in [6, 6.07) is 0.00936. The predicted octanol–water partition coefficient (Wildman–Crippen LogP) is 1.85. The molecule has 1 saturated heterocycles. The number of rotatable bonds is 9. The number of nitrogens with two attached hydrogens (primary N) is 1. The van der Waals surface area contributed by atoms with E-state index in [1.165, 1.54) is 19.3 Å². The Bertz CT molecular complexity index is 359. The molecule has 0 radical (unpaired) electrons. The highest BCUT2D eigenvalue weighted by Crippen LogP contribution is 2.18. The molecule has 2 atom stereocenters. The molecule has 0 bridgehead atoms. The Labute approximate surface area is 124 Å². The van der Waals surface area contributed by atoms with E-state index in [9.17, 15) is 8.42 Å². The van der Waals surface area contributed by atoms with Crippen molar-refractivity contribution in [1.82, 2.24) is 9.03 Å². The second-order valence-electron chi connectivity index (χ2n) is 5.98. The highest BCUT2D eigenvalue weighted by molar-refractivity contribution is 7.87. The van der Waals surface area contributed by atoms with Crippen molar-refractivity contribution in [2.24, 2.45) is 11.7 Å². The second-order valence-corrected chi connectivity index (χ2v) is 7.68. The number of nitrogens with one attached hydrogen (secondary N) is 1. The van der Waals surface area contributed by atoms with E-state index < -0.39 is 10.2 Å². The Balaban J connectivity index is 2.39. The number of piperidine rings is 1. The van der Waals surface area contributed by atoms with E-state index in [4.69, 9.17) is 5.73 Å². The molecule has 0 aromatic rings. The Morgan fingerprint density at radius 3 is 2.75 bits per heavy atom. The summed E-state index contributed by atoms with van der Waals surface area (Å²) in [5.74, 6) is 0.306. The highest BCUT2D eigenvalue weighted by atomic mass is 32.2. The average Bonchev–Trinajstić information content (AvgIpc) is 2.43. The molecular formula is C14H31N3O2S. The van der Waals surface area contributed by atoms with Crippen LogP contribution in [-0.4, -0.2) is 38.4 Å². The van der Waals surface area contributed by atoms with Crippen molar-refractivity contribution in [3.05, 3.63) is 0 Å². The first-order valence-electron chi connectivity index (χ1n) is 7.97. The zero-order chi connectivity index (χ0) is 15.0. The third-order valence-electron chi connectivity index (χ3n) is 4.00. The van der Waals surface area contributed by atoms with Crippen LogP contribution in [0.4, 0.5) is 0 Å². The lowest BCUT2D eigenvalue weighted by Gasteiger charge is -2.32. The maximum Gasteiger partial charge on any atom is 0.279 e. The van der Waals surface area contributed by atoms with Crippen LogP contribution in [0.5, 0.6) is 0 Å². The summed E-state index contributed by atoms with van der Waals surface area (Å²) in [5, 5.41) is 0. The summed E-state index contributed by atoms with van der Waals surface area (Å²) in [6.45, 7) is 5.88. The van der Waals surface area contributed by atoms with Gasteiger partial charge in [0.25, 0.3) is 10.2 Å². The van der Waals surface area contributed by atoms with Gasteiger partial charge >= 0.3 is 0 Å². The van der Waals surface area contributed by atoms with Gasteiger partial charge in [0.05, 0.1) is 0 Å². The van der Waals surface area contributed by atoms with Crippen molar-refractivity contribution < 1.29 is 8.42 Å². The summed E-state index contributed by atoms with van der Waals surface area (Å²) in [6.07, 6.45) is 7.55. The maximum atomic E-state index is 12.3. The molecule has 1 aliphatic rings. The number of nitrogens with zero attached hydrogens (tertiary/aromatic N) is 1. The van der Waals surface area contributed by atoms with Crippen LogP contribution in [-0.2, 0) is 10.2 Å². The van der Waals surface area contributed by atoms with Crippen LogP contribution in [0.2, 0.25) is 0 Å². The summed E-state index contributed by atoms with van der Waals surface area (Å²) in [4.78, 5) is 0. The smallest absolute Gasteiger partial charge is 0.279 e. The normalized spacial score (nSPS) is 22.9. The van der Waals surface area contributed by atoms with Crippen molar-refractivity contribution in [2.45, 2.75) is 64.8 Å². The highest BCUT2D eigenvalue weighted by Gasteiger charge is 2.28. The van der Waals surface area contributed by atoms with Crippen molar-refractivity contribution in [1.29, 1.82) is 0 Å². The lowest BCUT2D eigenvalue weighted by Crippen LogP contribution is -2.49. The van der Waals surface area contributed by atoms with Crippen LogP contribution in [0.1, 0.15) is 58.8 Å². The molecule has 0 spiro atoms. The fourth-order valence-electron chi connectivity index (χ4n) is 2.70. The number of unbranched alkanes of at least 4 members (excludes halogenated alkanes) is 3. The van der Waals surface area contributed by atoms with Gasteiger partial charge in [0.2, 0.25) is 0 Å². The van der Waals surface area contributed by atoms with E-state index in [0.29, 0.717) is 25.6 Å². The van der Waals surface area contributed by atoms with E-state index in [1.807, 2.05) is 6.92 Å². The molecule has 1 aliphatic heterocycles. The van der Waals surface area contributed by atoms with E-state index >= 15 is 0 Å². The van der Waals surface area contributed by atoms with E-state index in [-0.39, 0.29) is 6.04 Å². The van der Waals surface area contributed by atoms with E-state index in [2.05, 4.69) is 11.6 Å². The average molecular weight is 305 g/mol. The largest absolute Gasteiger partial charge is 0.330 e. The van der Waals surface area contributed by atoms with Gasteiger partial charge in [-0.05, 0) is 38.6 Å². The number of hydrogen-bond donors (Lipinski definition) is 2. The van der Waals surface area contributed by atoms with Crippen LogP contribution in [0.25, 0.3) is 0 Å². The lowest BCUT2D eigenvalue weighted by atomic mass is 10.0. The summed E-state index contributed by atoms with van der Waals surface area (Å²) in [7, 11) is -3.34. The van der Waals surface area contributed by atoms with Crippen LogP contribution in [0, 0.1) is 5.92 Å². The van der Waals surface area contributed by atoms with Gasteiger partial charge in [-0.2, -0.15) is 17.4 Å². The lowest BCUT2D eigenvalue weighted by molar-refractivity contribution is 0.267. The first-order valence-corrected chi connectivity index (χ1v) is 9.41. The molecule has 0 aromatic heterocycles. The Kier molecular flexibility index (Phi) is 8.02. The molecule has 20 heavy (non-hydrogen) atoms. The fourth-order valence-corrected chi connectivity index (χ4v) is 4.25. The molecule has 2 unspecified atom stereocenters. The van der Waals surface area contributed by atoms with Gasteiger partial charge in [0, 0.05) is 19.1 Å². The van der Waals surface area contributed by atoms with Crippen LogP contribution < -0.4 is 10.5 Å². The predicted molar refractivity (Wildman–Crippen MR) is 83.6 cm³/mol. The first-order chi connectivity index (χ1) is 9.49. The monoisotopic (exact) mass is 305 g/mol. The maximum absolute atomic E-state index is 12.3. The molecular weight excluding hydrogens is 274 g/mol. The minimum absolute atomic E-state index is 0.00936. The Morgan fingerprint density at radius 1 is 1.35 bits per heavy atom. The van der Waals surface area contributed by atoms with Gasteiger partial charge in [-0.15, -0.1) is 0 Å². The van der Waals surface area contributed by atoms with E-state index in [1.54, 1.807) is 4.31 Å². The molecule has 3 N–H and O–H groups in total. The molecule has 1 rings (SSSR count). The van der Waals surface area contributed by atoms with Crippen LogP contribution in [0.15, 0.2) is 0 Å². The Hall–Kier alpha value is -0.170. The minimum Gasteiger partial charge on any atom is -0.330 e. The standard InChI is InChI=1S/C14H31N3O2S/c1-3-4-5-6-8-13(2)16-20(18,19)17-10-7-9-14(11-15)12-17/h13-14,16H,3-12,15H2,1-2H3. The molecule has 1 heterocycles. The van der Waals surface area contributed by atoms with Gasteiger partial charge in [-0.3, -0.25) is 0 Å². The van der Waals surface area contributed by atoms with Crippen molar-refractivity contribution in [3.8, 4) is 0 Å². The molecule has 5 nitrogen and oxygen atoms in total. The van der Waals surface area contributed by atoms with Crippen LogP contribution in [0.3, 0.4) is 0 Å². The van der Waals surface area contributed by atoms with Gasteiger partial charge in [-0.25, -0.2) is 0 Å². The van der Waals surface area contributed by atoms with Crippen molar-refractivity contribution >= 4 is 10.2 Å². The van der Waals surface area contributed by atoms with Crippen LogP contribution >= 0.6 is 0 Å². The quantitative estimate of drug-likeness (QED) is 0.638. The molecule has 120 valence electrons. The summed E-state index contributed by atoms with van der Waals surface area (Å²) >= 11 is 0. The molecule has 0 aromatic carbocycles. The van der Waals surface area contributed by atoms with Crippen molar-refractivity contribution in [3.63, 3.8) is 0 Å². The van der Waals surface area contributed by atoms with Crippen molar-refractivity contribution in [2.75, 3.05) is 19.6 Å². The third-order valence-corrected chi connectivity index (χ3v) is 5.71. The van der Waals surface area contributed by atoms with Gasteiger partial charge in [0.1, 0.15) is 0 Å². The second kappa shape index (κ2) is 8.97.